The quantitative estimate of drug-likeness (QED) is 0.814. The van der Waals surface area contributed by atoms with E-state index in [9.17, 15) is 9.18 Å². The number of amides is 1. The first-order valence-electron chi connectivity index (χ1n) is 8.47. The summed E-state index contributed by atoms with van der Waals surface area (Å²) in [6.07, 6.45) is 2.00. The minimum absolute atomic E-state index is 0.0435. The average Bonchev–Trinajstić information content (AvgIpc) is 2.64. The van der Waals surface area contributed by atoms with E-state index in [1.165, 1.54) is 23.9 Å². The van der Waals surface area contributed by atoms with E-state index in [2.05, 4.69) is 27.3 Å². The summed E-state index contributed by atoms with van der Waals surface area (Å²) >= 11 is 0. The molecule has 1 aliphatic rings. The van der Waals surface area contributed by atoms with E-state index in [-0.39, 0.29) is 11.9 Å². The van der Waals surface area contributed by atoms with Gasteiger partial charge in [-0.3, -0.25) is 9.69 Å². The first-order valence-corrected chi connectivity index (χ1v) is 8.47. The maximum absolute atomic E-state index is 12.9. The Morgan fingerprint density at radius 1 is 1.20 bits per heavy atom. The lowest BCUT2D eigenvalue weighted by Crippen LogP contribution is -2.48. The zero-order valence-corrected chi connectivity index (χ0v) is 14.0. The largest absolute Gasteiger partial charge is 0.379 e. The Kier molecular flexibility index (Phi) is 6.09. The van der Waals surface area contributed by atoms with E-state index < -0.39 is 5.95 Å². The molecule has 1 N–H and O–H groups in total. The van der Waals surface area contributed by atoms with Crippen LogP contribution in [0, 0.1) is 5.95 Å². The van der Waals surface area contributed by atoms with Gasteiger partial charge in [-0.2, -0.15) is 4.39 Å². The predicted octanol–water partition coefficient (Wildman–Crippen LogP) is 1.89. The van der Waals surface area contributed by atoms with Gasteiger partial charge in [0.1, 0.15) is 0 Å². The molecule has 0 bridgehead atoms. The van der Waals surface area contributed by atoms with Crippen molar-refractivity contribution >= 4 is 5.91 Å². The number of halogens is 1. The predicted molar refractivity (Wildman–Crippen MR) is 92.9 cm³/mol. The molecule has 1 aromatic carbocycles. The lowest BCUT2D eigenvalue weighted by Gasteiger charge is -2.31. The number of hydrogen-bond acceptors (Lipinski definition) is 4. The van der Waals surface area contributed by atoms with Gasteiger partial charge in [-0.1, -0.05) is 30.3 Å². The fraction of sp³-hybridized carbons (Fsp3) is 0.368. The smallest absolute Gasteiger partial charge is 0.253 e. The van der Waals surface area contributed by atoms with Crippen molar-refractivity contribution in [3.63, 3.8) is 0 Å². The highest BCUT2D eigenvalue weighted by molar-refractivity contribution is 5.94. The Balaban J connectivity index is 1.68. The number of carbonyl (C=O) groups excluding carboxylic acids is 1. The third-order valence-electron chi connectivity index (χ3n) is 4.23. The maximum atomic E-state index is 12.9. The van der Waals surface area contributed by atoms with Gasteiger partial charge in [0.25, 0.3) is 5.91 Å². The molecule has 0 aliphatic carbocycles. The van der Waals surface area contributed by atoms with Crippen LogP contribution in [0.1, 0.15) is 15.9 Å². The summed E-state index contributed by atoms with van der Waals surface area (Å²) in [5, 5.41) is 3.06. The van der Waals surface area contributed by atoms with E-state index in [1.54, 1.807) is 0 Å². The second-order valence-electron chi connectivity index (χ2n) is 6.14. The number of ether oxygens (including phenoxy) is 1. The molecule has 1 aliphatic heterocycles. The summed E-state index contributed by atoms with van der Waals surface area (Å²) < 4.78 is 18.3. The maximum Gasteiger partial charge on any atom is 0.253 e. The molecule has 3 rings (SSSR count). The number of nitrogens with one attached hydrogen (secondary N) is 1. The van der Waals surface area contributed by atoms with Crippen LogP contribution in [0.2, 0.25) is 0 Å². The molecule has 1 saturated heterocycles. The van der Waals surface area contributed by atoms with Gasteiger partial charge in [-0.05, 0) is 24.1 Å². The van der Waals surface area contributed by atoms with Crippen molar-refractivity contribution in [1.29, 1.82) is 0 Å². The zero-order chi connectivity index (χ0) is 17.5. The highest BCUT2D eigenvalue weighted by Crippen LogP contribution is 2.08. The Labute approximate surface area is 146 Å². The Bertz CT molecular complexity index is 673. The summed E-state index contributed by atoms with van der Waals surface area (Å²) in [6.45, 7) is 3.90. The van der Waals surface area contributed by atoms with Crippen molar-refractivity contribution in [2.45, 2.75) is 12.5 Å². The molecule has 25 heavy (non-hydrogen) atoms. The Morgan fingerprint density at radius 2 is 1.96 bits per heavy atom. The summed E-state index contributed by atoms with van der Waals surface area (Å²) in [5.74, 6) is -0.826. The first kappa shape index (κ1) is 17.5. The first-order chi connectivity index (χ1) is 12.2. The SMILES string of the molecule is O=C(N[C@H](Cc1ccccc1)CN1CCOCC1)c1ccc(F)nc1. The van der Waals surface area contributed by atoms with E-state index in [1.807, 2.05) is 18.2 Å². The van der Waals surface area contributed by atoms with Gasteiger partial charge in [0.15, 0.2) is 0 Å². The van der Waals surface area contributed by atoms with Crippen LogP contribution in [0.25, 0.3) is 0 Å². The molecule has 0 radical (unpaired) electrons. The van der Waals surface area contributed by atoms with Crippen molar-refractivity contribution < 1.29 is 13.9 Å². The second-order valence-corrected chi connectivity index (χ2v) is 6.14. The van der Waals surface area contributed by atoms with Crippen LogP contribution < -0.4 is 5.32 Å². The fourth-order valence-electron chi connectivity index (χ4n) is 2.93. The average molecular weight is 343 g/mol. The van der Waals surface area contributed by atoms with E-state index in [0.29, 0.717) is 18.8 Å². The minimum Gasteiger partial charge on any atom is -0.379 e. The number of rotatable bonds is 6. The number of pyridine rings is 1. The van der Waals surface area contributed by atoms with Crippen LogP contribution in [0.3, 0.4) is 0 Å². The van der Waals surface area contributed by atoms with Gasteiger partial charge in [-0.25, -0.2) is 4.98 Å². The third-order valence-corrected chi connectivity index (χ3v) is 4.23. The number of benzene rings is 1. The molecule has 132 valence electrons. The van der Waals surface area contributed by atoms with Crippen LogP contribution in [-0.2, 0) is 11.2 Å². The molecule has 1 aromatic heterocycles. The lowest BCUT2D eigenvalue weighted by atomic mass is 10.0. The molecule has 6 heteroatoms. The molecule has 2 aromatic rings. The summed E-state index contributed by atoms with van der Waals surface area (Å²) in [5.41, 5.74) is 1.53. The van der Waals surface area contributed by atoms with Crippen LogP contribution in [0.5, 0.6) is 0 Å². The number of aromatic nitrogens is 1. The van der Waals surface area contributed by atoms with Gasteiger partial charge in [0, 0.05) is 31.9 Å². The number of hydrogen-bond donors (Lipinski definition) is 1. The van der Waals surface area contributed by atoms with Crippen molar-refractivity contribution in [3.8, 4) is 0 Å². The summed E-state index contributed by atoms with van der Waals surface area (Å²) in [6, 6.07) is 12.7. The van der Waals surface area contributed by atoms with Crippen molar-refractivity contribution in [1.82, 2.24) is 15.2 Å². The topological polar surface area (TPSA) is 54.5 Å². The highest BCUT2D eigenvalue weighted by Gasteiger charge is 2.20. The van der Waals surface area contributed by atoms with E-state index in [0.717, 1.165) is 26.1 Å². The third kappa shape index (κ3) is 5.34. The molecule has 1 amide bonds. The lowest BCUT2D eigenvalue weighted by molar-refractivity contribution is 0.0333. The zero-order valence-electron chi connectivity index (χ0n) is 14.0. The fourth-order valence-corrected chi connectivity index (χ4v) is 2.93. The van der Waals surface area contributed by atoms with Crippen molar-refractivity contribution in [3.05, 3.63) is 65.7 Å². The van der Waals surface area contributed by atoms with Crippen LogP contribution in [0.15, 0.2) is 48.7 Å². The number of nitrogens with zero attached hydrogens (tertiary/aromatic N) is 2. The van der Waals surface area contributed by atoms with Gasteiger partial charge in [0.2, 0.25) is 5.95 Å². The highest BCUT2D eigenvalue weighted by atomic mass is 19.1. The van der Waals surface area contributed by atoms with Crippen molar-refractivity contribution in [2.75, 3.05) is 32.8 Å². The second kappa shape index (κ2) is 8.69. The molecule has 5 nitrogen and oxygen atoms in total. The Hall–Kier alpha value is -2.31. The Morgan fingerprint density at radius 3 is 2.64 bits per heavy atom. The molecule has 1 atom stereocenters. The van der Waals surface area contributed by atoms with E-state index in [4.69, 9.17) is 4.74 Å². The van der Waals surface area contributed by atoms with Gasteiger partial charge in [0.05, 0.1) is 18.8 Å². The molecule has 2 heterocycles. The monoisotopic (exact) mass is 343 g/mol. The van der Waals surface area contributed by atoms with Gasteiger partial charge in [-0.15, -0.1) is 0 Å². The molecule has 1 fully saturated rings. The molecule has 0 saturated carbocycles. The molecule has 0 spiro atoms. The minimum atomic E-state index is -0.592. The van der Waals surface area contributed by atoms with Gasteiger partial charge < -0.3 is 10.1 Å². The van der Waals surface area contributed by atoms with Crippen LogP contribution in [-0.4, -0.2) is 54.7 Å². The van der Waals surface area contributed by atoms with Crippen molar-refractivity contribution in [2.24, 2.45) is 0 Å². The normalized spacial score (nSPS) is 16.4. The summed E-state index contributed by atoms with van der Waals surface area (Å²) in [7, 11) is 0. The summed E-state index contributed by atoms with van der Waals surface area (Å²) in [4.78, 5) is 18.3. The molecular formula is C19H22FN3O2. The van der Waals surface area contributed by atoms with Gasteiger partial charge >= 0.3 is 0 Å². The number of morpholine rings is 1. The standard InChI is InChI=1S/C19H22FN3O2/c20-18-7-6-16(13-21-18)19(24)22-17(12-15-4-2-1-3-5-15)14-23-8-10-25-11-9-23/h1-7,13,17H,8-12,14H2,(H,22,24)/t17-/m1/s1. The van der Waals surface area contributed by atoms with E-state index >= 15 is 0 Å². The molecule has 0 unspecified atom stereocenters. The molecular weight excluding hydrogens is 321 g/mol. The van der Waals surface area contributed by atoms with Crippen LogP contribution in [0.4, 0.5) is 4.39 Å². The number of carbonyl (C=O) groups is 1. The van der Waals surface area contributed by atoms with Crippen LogP contribution >= 0.6 is 0 Å².